The highest BCUT2D eigenvalue weighted by Gasteiger charge is 2.31. The average molecular weight is 391 g/mol. The largest absolute Gasteiger partial charge is 0.573 e. The molecule has 5 nitrogen and oxygen atoms in total. The van der Waals surface area contributed by atoms with Crippen molar-refractivity contribution in [1.29, 1.82) is 0 Å². The Bertz CT molecular complexity index is 891. The summed E-state index contributed by atoms with van der Waals surface area (Å²) in [6.07, 6.45) is -1.53. The van der Waals surface area contributed by atoms with Crippen LogP contribution in [0.2, 0.25) is 0 Å². The Balaban J connectivity index is 1.50. The van der Waals surface area contributed by atoms with E-state index in [1.54, 1.807) is 4.90 Å². The van der Waals surface area contributed by atoms with E-state index in [2.05, 4.69) is 4.74 Å². The van der Waals surface area contributed by atoms with Gasteiger partial charge in [0.15, 0.2) is 6.61 Å². The molecule has 0 radical (unpaired) electrons. The molecule has 1 aliphatic heterocycles. The van der Waals surface area contributed by atoms with Crippen molar-refractivity contribution in [2.75, 3.05) is 18.1 Å². The number of carbonyl (C=O) groups excluding carboxylic acids is 2. The van der Waals surface area contributed by atoms with Gasteiger partial charge in [-0.1, -0.05) is 30.3 Å². The fourth-order valence-electron chi connectivity index (χ4n) is 2.80. The highest BCUT2D eigenvalue weighted by Crippen LogP contribution is 2.27. The van der Waals surface area contributed by atoms with Gasteiger partial charge in [-0.3, -0.25) is 4.79 Å². The van der Waals surface area contributed by atoms with Gasteiger partial charge in [-0.05, 0) is 41.8 Å². The molecule has 1 amide bonds. The molecule has 3 rings (SSSR count). The van der Waals surface area contributed by atoms with E-state index < -0.39 is 18.9 Å². The standard InChI is InChI=1S/C20H16F3NO4/c21-20(22,23)28-16-8-5-14(6-9-16)7-10-19(26)27-13-18(25)24-12-11-15-3-1-2-4-17(15)24/h1-10H,11-13H2/b10-7+. The number of hydrogen-bond donors (Lipinski definition) is 0. The summed E-state index contributed by atoms with van der Waals surface area (Å²) in [5, 5.41) is 0. The first-order chi connectivity index (χ1) is 13.3. The lowest BCUT2D eigenvalue weighted by molar-refractivity contribution is -0.274. The maximum atomic E-state index is 12.3. The number of amides is 1. The van der Waals surface area contributed by atoms with Crippen LogP contribution in [0.1, 0.15) is 11.1 Å². The van der Waals surface area contributed by atoms with Crippen LogP contribution in [0.5, 0.6) is 5.75 Å². The lowest BCUT2D eigenvalue weighted by atomic mass is 10.2. The van der Waals surface area contributed by atoms with Gasteiger partial charge in [0.2, 0.25) is 0 Å². The topological polar surface area (TPSA) is 55.8 Å². The SMILES string of the molecule is O=C(/C=C/c1ccc(OC(F)(F)F)cc1)OCC(=O)N1CCc2ccccc21. The molecule has 8 heteroatoms. The Labute approximate surface area is 159 Å². The van der Waals surface area contributed by atoms with Gasteiger partial charge in [-0.15, -0.1) is 13.2 Å². The molecular formula is C20H16F3NO4. The van der Waals surface area contributed by atoms with Crippen molar-refractivity contribution in [2.24, 2.45) is 0 Å². The zero-order valence-electron chi connectivity index (χ0n) is 14.6. The first-order valence-corrected chi connectivity index (χ1v) is 8.41. The summed E-state index contributed by atoms with van der Waals surface area (Å²) in [5.74, 6) is -1.40. The fourth-order valence-corrected chi connectivity index (χ4v) is 2.80. The van der Waals surface area contributed by atoms with Crippen LogP contribution in [0.4, 0.5) is 18.9 Å². The Morgan fingerprint density at radius 2 is 1.79 bits per heavy atom. The first-order valence-electron chi connectivity index (χ1n) is 8.41. The Kier molecular flexibility index (Phi) is 5.67. The summed E-state index contributed by atoms with van der Waals surface area (Å²) in [7, 11) is 0. The van der Waals surface area contributed by atoms with E-state index in [1.165, 1.54) is 18.2 Å². The zero-order valence-corrected chi connectivity index (χ0v) is 14.6. The van der Waals surface area contributed by atoms with Gasteiger partial charge in [0, 0.05) is 18.3 Å². The number of esters is 1. The number of hydrogen-bond acceptors (Lipinski definition) is 4. The van der Waals surface area contributed by atoms with E-state index in [0.717, 1.165) is 35.9 Å². The molecule has 1 heterocycles. The third kappa shape index (κ3) is 5.12. The summed E-state index contributed by atoms with van der Waals surface area (Å²) < 4.78 is 45.0. The molecule has 2 aromatic carbocycles. The van der Waals surface area contributed by atoms with Gasteiger partial charge >= 0.3 is 12.3 Å². The molecule has 1 aliphatic rings. The molecule has 0 saturated heterocycles. The molecule has 0 spiro atoms. The monoisotopic (exact) mass is 391 g/mol. The molecule has 0 saturated carbocycles. The predicted octanol–water partition coefficient (Wildman–Crippen LogP) is 3.73. The van der Waals surface area contributed by atoms with Crippen molar-refractivity contribution in [2.45, 2.75) is 12.8 Å². The minimum atomic E-state index is -4.76. The third-order valence-electron chi connectivity index (χ3n) is 4.05. The lowest BCUT2D eigenvalue weighted by Gasteiger charge is -2.16. The van der Waals surface area contributed by atoms with E-state index >= 15 is 0 Å². The second kappa shape index (κ2) is 8.16. The van der Waals surface area contributed by atoms with Gasteiger partial charge in [-0.2, -0.15) is 0 Å². The maximum absolute atomic E-state index is 12.3. The number of nitrogens with zero attached hydrogens (tertiary/aromatic N) is 1. The van der Waals surface area contributed by atoms with Crippen molar-refractivity contribution in [3.05, 3.63) is 65.7 Å². The summed E-state index contributed by atoms with van der Waals surface area (Å²) in [6, 6.07) is 12.5. The summed E-state index contributed by atoms with van der Waals surface area (Å²) >= 11 is 0. The van der Waals surface area contributed by atoms with Crippen LogP contribution < -0.4 is 9.64 Å². The Morgan fingerprint density at radius 3 is 2.50 bits per heavy atom. The molecule has 0 N–H and O–H groups in total. The van der Waals surface area contributed by atoms with Crippen LogP contribution in [-0.2, 0) is 20.7 Å². The van der Waals surface area contributed by atoms with Crippen LogP contribution in [0, 0.1) is 0 Å². The van der Waals surface area contributed by atoms with Gasteiger partial charge in [0.1, 0.15) is 5.75 Å². The smallest absolute Gasteiger partial charge is 0.452 e. The Morgan fingerprint density at radius 1 is 1.07 bits per heavy atom. The van der Waals surface area contributed by atoms with Crippen LogP contribution in [0.15, 0.2) is 54.6 Å². The minimum absolute atomic E-state index is 0.319. The normalized spacial score (nSPS) is 13.5. The highest BCUT2D eigenvalue weighted by molar-refractivity contribution is 5.98. The molecule has 0 aliphatic carbocycles. The number of carbonyl (C=O) groups is 2. The number of rotatable bonds is 5. The van der Waals surface area contributed by atoms with E-state index in [1.807, 2.05) is 24.3 Å². The number of ether oxygens (including phenoxy) is 2. The van der Waals surface area contributed by atoms with Gasteiger partial charge < -0.3 is 14.4 Å². The predicted molar refractivity (Wildman–Crippen MR) is 95.6 cm³/mol. The number of fused-ring (bicyclic) bond motifs is 1. The van der Waals surface area contributed by atoms with E-state index in [9.17, 15) is 22.8 Å². The van der Waals surface area contributed by atoms with Crippen molar-refractivity contribution in [1.82, 2.24) is 0 Å². The van der Waals surface area contributed by atoms with E-state index in [0.29, 0.717) is 12.1 Å². The van der Waals surface area contributed by atoms with E-state index in [-0.39, 0.29) is 11.7 Å². The molecule has 146 valence electrons. The van der Waals surface area contributed by atoms with Crippen molar-refractivity contribution < 1.29 is 32.2 Å². The third-order valence-corrected chi connectivity index (χ3v) is 4.05. The zero-order chi connectivity index (χ0) is 20.1. The second-order valence-corrected chi connectivity index (χ2v) is 5.98. The second-order valence-electron chi connectivity index (χ2n) is 5.98. The molecular weight excluding hydrogens is 375 g/mol. The highest BCUT2D eigenvalue weighted by atomic mass is 19.4. The Hall–Kier alpha value is -3.29. The summed E-state index contributed by atoms with van der Waals surface area (Å²) in [4.78, 5) is 25.6. The van der Waals surface area contributed by atoms with Crippen LogP contribution in [0.3, 0.4) is 0 Å². The van der Waals surface area contributed by atoms with Crippen molar-refractivity contribution >= 4 is 23.6 Å². The van der Waals surface area contributed by atoms with Crippen LogP contribution in [-0.4, -0.2) is 31.4 Å². The van der Waals surface area contributed by atoms with Crippen LogP contribution in [0.25, 0.3) is 6.08 Å². The molecule has 0 bridgehead atoms. The summed E-state index contributed by atoms with van der Waals surface area (Å²) in [6.45, 7) is 0.147. The average Bonchev–Trinajstić information content (AvgIpc) is 3.08. The number of halogens is 3. The van der Waals surface area contributed by atoms with Crippen molar-refractivity contribution in [3.63, 3.8) is 0 Å². The first kappa shape index (κ1) is 19.5. The number of benzene rings is 2. The molecule has 0 fully saturated rings. The van der Waals surface area contributed by atoms with Gasteiger partial charge in [0.25, 0.3) is 5.91 Å². The molecule has 0 unspecified atom stereocenters. The maximum Gasteiger partial charge on any atom is 0.573 e. The molecule has 28 heavy (non-hydrogen) atoms. The van der Waals surface area contributed by atoms with Crippen molar-refractivity contribution in [3.8, 4) is 5.75 Å². The molecule has 0 atom stereocenters. The van der Waals surface area contributed by atoms with E-state index in [4.69, 9.17) is 4.74 Å². The van der Waals surface area contributed by atoms with Gasteiger partial charge in [0.05, 0.1) is 0 Å². The number of alkyl halides is 3. The molecule has 0 aromatic heterocycles. The minimum Gasteiger partial charge on any atom is -0.452 e. The summed E-state index contributed by atoms with van der Waals surface area (Å²) in [5.41, 5.74) is 2.37. The number of anilines is 1. The lowest BCUT2D eigenvalue weighted by Crippen LogP contribution is -2.33. The number of para-hydroxylation sites is 1. The van der Waals surface area contributed by atoms with Crippen LogP contribution >= 0.6 is 0 Å². The fraction of sp³-hybridized carbons (Fsp3) is 0.200. The quantitative estimate of drug-likeness (QED) is 0.576. The molecule has 2 aromatic rings. The van der Waals surface area contributed by atoms with Gasteiger partial charge in [-0.25, -0.2) is 4.79 Å².